The van der Waals surface area contributed by atoms with Crippen molar-refractivity contribution >= 4 is 11.6 Å². The van der Waals surface area contributed by atoms with Crippen molar-refractivity contribution < 1.29 is 46.7 Å². The Morgan fingerprint density at radius 2 is 1.63 bits per heavy atom. The van der Waals surface area contributed by atoms with Crippen molar-refractivity contribution in [2.24, 2.45) is 0 Å². The zero-order valence-electron chi connectivity index (χ0n) is 18.9. The molecule has 1 amide bonds. The summed E-state index contributed by atoms with van der Waals surface area (Å²) in [6.45, 7) is 9.29. The van der Waals surface area contributed by atoms with Crippen molar-refractivity contribution in [1.82, 2.24) is 0 Å². The molecule has 1 aliphatic heterocycles. The topological polar surface area (TPSA) is 38.3 Å². The second-order valence-electron chi connectivity index (χ2n) is 8.41. The van der Waals surface area contributed by atoms with Gasteiger partial charge in [-0.2, -0.15) is 0 Å². The fraction of sp³-hybridized carbons (Fsp3) is 0.480. The van der Waals surface area contributed by atoms with Gasteiger partial charge in [0.25, 0.3) is 5.91 Å². The summed E-state index contributed by atoms with van der Waals surface area (Å²) in [5.74, 6) is 1.03. The number of rotatable bonds is 7. The van der Waals surface area contributed by atoms with Crippen LogP contribution < -0.4 is 10.1 Å². The van der Waals surface area contributed by atoms with Gasteiger partial charge in [-0.25, -0.2) is 0 Å². The van der Waals surface area contributed by atoms with Crippen LogP contribution in [0.2, 0.25) is 0 Å². The minimum absolute atomic E-state index is 0. The molecule has 0 aliphatic carbocycles. The van der Waals surface area contributed by atoms with Gasteiger partial charge in [0.15, 0.2) is 6.04 Å². The average Bonchev–Trinajstić information content (AvgIpc) is 2.72. The van der Waals surface area contributed by atoms with E-state index in [1.807, 2.05) is 18.2 Å². The van der Waals surface area contributed by atoms with E-state index in [2.05, 4.69) is 50.4 Å². The fourth-order valence-electron chi connectivity index (χ4n) is 4.86. The first-order chi connectivity index (χ1) is 14.0. The third kappa shape index (κ3) is 5.72. The number of carbonyl (C=O) groups is 1. The molecule has 1 fully saturated rings. The molecule has 30 heavy (non-hydrogen) atoms. The number of para-hydroxylation sites is 1. The van der Waals surface area contributed by atoms with Gasteiger partial charge in [0.2, 0.25) is 0 Å². The van der Waals surface area contributed by atoms with E-state index in [4.69, 9.17) is 4.74 Å². The molecular weight excluding hydrogens is 449 g/mol. The Bertz CT molecular complexity index is 809. The standard InChI is InChI=1S/C25H34N2O2.Y/c1-5-23(25(28)26-24-19(2)10-9-11-20(24)3)27(16-7-6-8-17-27)18-21-12-14-22(29-4)15-13-21;/h9-15,23H,5-8,16-18H2,1-4H3;/p+1. The second kappa shape index (κ2) is 11.4. The van der Waals surface area contributed by atoms with Gasteiger partial charge in [0.05, 0.1) is 20.2 Å². The number of anilines is 1. The van der Waals surface area contributed by atoms with E-state index in [-0.39, 0.29) is 44.7 Å². The quantitative estimate of drug-likeness (QED) is 0.547. The number of hydrogen-bond donors (Lipinski definition) is 1. The Balaban J connectivity index is 0.00000320. The van der Waals surface area contributed by atoms with Crippen molar-refractivity contribution in [2.45, 2.75) is 59.0 Å². The maximum absolute atomic E-state index is 13.5. The first-order valence-electron chi connectivity index (χ1n) is 10.8. The van der Waals surface area contributed by atoms with Crippen LogP contribution in [0.1, 0.15) is 49.3 Å². The molecule has 1 unspecified atom stereocenters. The molecule has 2 aromatic carbocycles. The number of benzene rings is 2. The normalized spacial score (nSPS) is 16.3. The van der Waals surface area contributed by atoms with Gasteiger partial charge >= 0.3 is 0 Å². The number of nitrogens with one attached hydrogen (secondary N) is 1. The molecule has 1 N–H and O–H groups in total. The number of carbonyl (C=O) groups excluding carboxylic acids is 1. The number of aryl methyl sites for hydroxylation is 2. The third-order valence-electron chi connectivity index (χ3n) is 6.44. The summed E-state index contributed by atoms with van der Waals surface area (Å²) in [6.07, 6.45) is 4.47. The Morgan fingerprint density at radius 1 is 1.03 bits per heavy atom. The van der Waals surface area contributed by atoms with E-state index < -0.39 is 0 Å². The Kier molecular flexibility index (Phi) is 9.52. The average molecular weight is 484 g/mol. The van der Waals surface area contributed by atoms with E-state index in [0.29, 0.717) is 0 Å². The molecule has 2 aromatic rings. The number of ether oxygens (including phenoxy) is 1. The molecule has 0 bridgehead atoms. The summed E-state index contributed by atoms with van der Waals surface area (Å²) in [5.41, 5.74) is 4.48. The number of likely N-dealkylation sites (tertiary alicyclic amines) is 1. The van der Waals surface area contributed by atoms with Gasteiger partial charge in [-0.05, 0) is 68.5 Å². The SMILES string of the molecule is CCC(C(=O)Nc1c(C)cccc1C)[N+]1(Cc2ccc(OC)cc2)CCCCC1.[Y]. The van der Waals surface area contributed by atoms with Crippen LogP contribution in [-0.2, 0) is 44.0 Å². The van der Waals surface area contributed by atoms with E-state index in [1.165, 1.54) is 24.8 Å². The van der Waals surface area contributed by atoms with Gasteiger partial charge in [-0.1, -0.05) is 25.1 Å². The van der Waals surface area contributed by atoms with Crippen LogP contribution in [0, 0.1) is 13.8 Å². The van der Waals surface area contributed by atoms with Crippen LogP contribution in [0.4, 0.5) is 5.69 Å². The number of nitrogens with zero attached hydrogens (tertiary/aromatic N) is 1. The largest absolute Gasteiger partial charge is 0.497 e. The van der Waals surface area contributed by atoms with Crippen molar-refractivity contribution in [3.8, 4) is 5.75 Å². The van der Waals surface area contributed by atoms with Crippen molar-refractivity contribution in [2.75, 3.05) is 25.5 Å². The van der Waals surface area contributed by atoms with Crippen LogP contribution in [0.3, 0.4) is 0 Å². The smallest absolute Gasteiger partial charge is 0.282 e. The monoisotopic (exact) mass is 484 g/mol. The molecule has 1 saturated heterocycles. The fourth-order valence-corrected chi connectivity index (χ4v) is 4.86. The molecule has 159 valence electrons. The molecule has 5 heteroatoms. The van der Waals surface area contributed by atoms with Crippen LogP contribution >= 0.6 is 0 Å². The number of hydrogen-bond acceptors (Lipinski definition) is 2. The van der Waals surface area contributed by atoms with Crippen LogP contribution in [0.15, 0.2) is 42.5 Å². The second-order valence-corrected chi connectivity index (χ2v) is 8.41. The summed E-state index contributed by atoms with van der Waals surface area (Å²) in [7, 11) is 1.69. The van der Waals surface area contributed by atoms with Gasteiger partial charge in [0, 0.05) is 50.4 Å². The molecule has 0 saturated carbocycles. The summed E-state index contributed by atoms with van der Waals surface area (Å²) >= 11 is 0. The van der Waals surface area contributed by atoms with E-state index in [0.717, 1.165) is 53.1 Å². The summed E-state index contributed by atoms with van der Waals surface area (Å²) in [4.78, 5) is 13.5. The summed E-state index contributed by atoms with van der Waals surface area (Å²) < 4.78 is 6.16. The molecule has 1 aliphatic rings. The predicted molar refractivity (Wildman–Crippen MR) is 119 cm³/mol. The van der Waals surface area contributed by atoms with Crippen LogP contribution in [-0.4, -0.2) is 36.6 Å². The Hall–Kier alpha value is -1.23. The van der Waals surface area contributed by atoms with Crippen LogP contribution in [0.5, 0.6) is 5.75 Å². The maximum Gasteiger partial charge on any atom is 0.282 e. The maximum atomic E-state index is 13.5. The minimum atomic E-state index is -0.0450. The van der Waals surface area contributed by atoms with Crippen molar-refractivity contribution in [1.29, 1.82) is 0 Å². The Morgan fingerprint density at radius 3 is 2.17 bits per heavy atom. The number of amides is 1. The van der Waals surface area contributed by atoms with Gasteiger partial charge < -0.3 is 14.5 Å². The van der Waals surface area contributed by atoms with E-state index in [1.54, 1.807) is 7.11 Å². The number of methoxy groups -OCH3 is 1. The van der Waals surface area contributed by atoms with E-state index >= 15 is 0 Å². The first kappa shape index (κ1) is 25.0. The first-order valence-corrected chi connectivity index (χ1v) is 10.8. The molecule has 0 spiro atoms. The molecule has 1 radical (unpaired) electrons. The van der Waals surface area contributed by atoms with Crippen LogP contribution in [0.25, 0.3) is 0 Å². The van der Waals surface area contributed by atoms with Gasteiger partial charge in [-0.15, -0.1) is 0 Å². The number of piperidine rings is 1. The van der Waals surface area contributed by atoms with E-state index in [9.17, 15) is 4.79 Å². The predicted octanol–water partition coefficient (Wildman–Crippen LogP) is 5.23. The zero-order chi connectivity index (χ0) is 20.9. The third-order valence-corrected chi connectivity index (χ3v) is 6.44. The molecule has 4 nitrogen and oxygen atoms in total. The minimum Gasteiger partial charge on any atom is -0.497 e. The van der Waals surface area contributed by atoms with Crippen molar-refractivity contribution in [3.63, 3.8) is 0 Å². The van der Waals surface area contributed by atoms with Crippen molar-refractivity contribution in [3.05, 3.63) is 59.2 Å². The molecular formula is C25H35N2O2Y+. The summed E-state index contributed by atoms with van der Waals surface area (Å²) in [5, 5.41) is 3.28. The zero-order valence-corrected chi connectivity index (χ0v) is 21.7. The molecule has 1 atom stereocenters. The van der Waals surface area contributed by atoms with Gasteiger partial charge in [-0.3, -0.25) is 4.79 Å². The number of quaternary nitrogens is 1. The summed E-state index contributed by atoms with van der Waals surface area (Å²) in [6, 6.07) is 14.4. The molecule has 0 aromatic heterocycles. The molecule has 3 rings (SSSR count). The Labute approximate surface area is 206 Å². The molecule has 1 heterocycles. The van der Waals surface area contributed by atoms with Gasteiger partial charge in [0.1, 0.15) is 12.3 Å².